The molecule has 1 aromatic carbocycles. The molecule has 1 amide bonds. The average Bonchev–Trinajstić information content (AvgIpc) is 3.25. The molecule has 0 atom stereocenters. The van der Waals surface area contributed by atoms with E-state index in [1.165, 1.54) is 18.2 Å². The lowest BCUT2D eigenvalue weighted by Crippen LogP contribution is -2.15. The molecule has 13 heteroatoms. The number of carbonyl (C=O) groups excluding carboxylic acids is 1. The molecule has 0 aliphatic rings. The lowest BCUT2D eigenvalue weighted by Gasteiger charge is -2.03. The minimum absolute atomic E-state index is 0.0696. The molecule has 7 N–H and O–H groups in total. The molecule has 0 aliphatic carbocycles. The van der Waals surface area contributed by atoms with Gasteiger partial charge in [-0.2, -0.15) is 18.2 Å². The fourth-order valence-electron chi connectivity index (χ4n) is 2.39. The number of amides is 1. The van der Waals surface area contributed by atoms with Gasteiger partial charge in [0, 0.05) is 17.5 Å². The van der Waals surface area contributed by atoms with Crippen LogP contribution < -0.4 is 16.8 Å². The Hall–Kier alpha value is -4.55. The summed E-state index contributed by atoms with van der Waals surface area (Å²) in [7, 11) is 0. The average molecular weight is 443 g/mol. The maximum absolute atomic E-state index is 12.6. The van der Waals surface area contributed by atoms with E-state index in [1.54, 1.807) is 35.4 Å². The van der Waals surface area contributed by atoms with Crippen molar-refractivity contribution in [2.45, 2.75) is 6.18 Å². The Morgan fingerprint density at radius 1 is 1.22 bits per heavy atom. The number of hydrogen-bond acceptors (Lipinski definition) is 7. The maximum atomic E-state index is 12.6. The van der Waals surface area contributed by atoms with Crippen molar-refractivity contribution in [3.05, 3.63) is 65.4 Å². The smallest absolute Gasteiger partial charge is 0.398 e. The Morgan fingerprint density at radius 2 is 2.00 bits per heavy atom. The molecule has 32 heavy (non-hydrogen) atoms. The highest BCUT2D eigenvalue weighted by atomic mass is 19.4. The largest absolute Gasteiger partial charge is 0.451 e. The van der Waals surface area contributed by atoms with Crippen molar-refractivity contribution in [3.8, 4) is 0 Å². The molecule has 2 aromatic heterocycles. The zero-order chi connectivity index (χ0) is 23.3. The minimum Gasteiger partial charge on any atom is -0.398 e. The number of pyridine rings is 1. The number of aromatic nitrogens is 4. The summed E-state index contributed by atoms with van der Waals surface area (Å²) >= 11 is 0. The van der Waals surface area contributed by atoms with Gasteiger partial charge in [-0.1, -0.05) is 6.07 Å². The summed E-state index contributed by atoms with van der Waals surface area (Å²) in [6, 6.07) is 9.48. The molecular formula is C19H16F3N9O. The monoisotopic (exact) mass is 443 g/mol. The molecule has 0 saturated heterocycles. The first-order valence-corrected chi connectivity index (χ1v) is 8.86. The lowest BCUT2D eigenvalue weighted by atomic mass is 10.2. The van der Waals surface area contributed by atoms with E-state index in [4.69, 9.17) is 16.9 Å². The molecule has 2 heterocycles. The molecule has 0 aliphatic heterocycles. The van der Waals surface area contributed by atoms with E-state index in [0.717, 1.165) is 6.21 Å². The van der Waals surface area contributed by atoms with Gasteiger partial charge in [0.1, 0.15) is 11.7 Å². The second-order valence-electron chi connectivity index (χ2n) is 6.23. The topological polar surface area (TPSA) is 172 Å². The van der Waals surface area contributed by atoms with Gasteiger partial charge >= 0.3 is 6.18 Å². The number of aromatic amines is 1. The molecule has 10 nitrogen and oxygen atoms in total. The van der Waals surface area contributed by atoms with Crippen molar-refractivity contribution < 1.29 is 18.0 Å². The zero-order valence-corrected chi connectivity index (χ0v) is 16.2. The van der Waals surface area contributed by atoms with Crippen molar-refractivity contribution in [1.29, 1.82) is 5.41 Å². The van der Waals surface area contributed by atoms with E-state index in [1.807, 2.05) is 0 Å². The number of nitrogens with zero attached hydrogens (tertiary/aromatic N) is 4. The third-order valence-electron chi connectivity index (χ3n) is 3.88. The number of carbonyl (C=O) groups is 1. The van der Waals surface area contributed by atoms with Crippen LogP contribution in [0.15, 0.2) is 47.5 Å². The molecule has 0 radical (unpaired) electrons. The van der Waals surface area contributed by atoms with Crippen LogP contribution in [0, 0.1) is 5.41 Å². The van der Waals surface area contributed by atoms with Crippen LogP contribution in [0.3, 0.4) is 0 Å². The number of nitrogen functional groups attached to an aromatic ring is 1. The molecule has 0 bridgehead atoms. The van der Waals surface area contributed by atoms with Crippen LogP contribution in [0.5, 0.6) is 0 Å². The predicted molar refractivity (Wildman–Crippen MR) is 113 cm³/mol. The number of hydrogen-bond donors (Lipinski definition) is 5. The highest BCUT2D eigenvalue weighted by Gasteiger charge is 2.36. The number of amidine groups is 1. The van der Waals surface area contributed by atoms with Gasteiger partial charge in [-0.25, -0.2) is 9.98 Å². The Bertz CT molecular complexity index is 1210. The first-order valence-electron chi connectivity index (χ1n) is 8.86. The summed E-state index contributed by atoms with van der Waals surface area (Å²) in [4.78, 5) is 23.5. The van der Waals surface area contributed by atoms with Gasteiger partial charge in [-0.3, -0.25) is 9.89 Å². The lowest BCUT2D eigenvalue weighted by molar-refractivity contribution is -0.144. The fourth-order valence-corrected chi connectivity index (χ4v) is 2.39. The molecule has 0 unspecified atom stereocenters. The number of nitrogens with two attached hydrogens (primary N) is 2. The fraction of sp³-hybridized carbons (Fsp3) is 0.0526. The van der Waals surface area contributed by atoms with Gasteiger partial charge in [-0.15, -0.1) is 5.10 Å². The number of halogens is 3. The Morgan fingerprint density at radius 3 is 2.69 bits per heavy atom. The number of alkyl halides is 3. The van der Waals surface area contributed by atoms with E-state index in [0.29, 0.717) is 22.6 Å². The third-order valence-corrected chi connectivity index (χ3v) is 3.88. The van der Waals surface area contributed by atoms with Crippen LogP contribution in [-0.4, -0.2) is 38.1 Å². The van der Waals surface area contributed by atoms with Crippen molar-refractivity contribution in [1.82, 2.24) is 20.2 Å². The van der Waals surface area contributed by atoms with Crippen LogP contribution >= 0.6 is 0 Å². The summed E-state index contributed by atoms with van der Waals surface area (Å²) in [5.74, 6) is -2.81. The van der Waals surface area contributed by atoms with Crippen LogP contribution in [0.4, 0.5) is 30.4 Å². The van der Waals surface area contributed by atoms with Crippen LogP contribution in [0.2, 0.25) is 0 Å². The van der Waals surface area contributed by atoms with Gasteiger partial charge in [0.25, 0.3) is 5.91 Å². The summed E-state index contributed by atoms with van der Waals surface area (Å²) in [6.07, 6.45) is -0.646. The molecule has 3 aromatic rings. The number of aliphatic imine (C=N–C) groups is 1. The SMILES string of the molecule is N=Cc1cc(N=C(N)/C=C/c2cccc(NC(=O)c3n[nH]c(C(F)(F)F)n3)n2)ccc1N. The number of benzene rings is 1. The van der Waals surface area contributed by atoms with E-state index in [9.17, 15) is 18.0 Å². The molecule has 164 valence electrons. The zero-order valence-electron chi connectivity index (χ0n) is 16.2. The Balaban J connectivity index is 1.70. The summed E-state index contributed by atoms with van der Waals surface area (Å²) in [6.45, 7) is 0. The molecule has 0 fully saturated rings. The van der Waals surface area contributed by atoms with Crippen molar-refractivity contribution >= 4 is 41.2 Å². The van der Waals surface area contributed by atoms with Crippen molar-refractivity contribution in [3.63, 3.8) is 0 Å². The van der Waals surface area contributed by atoms with Gasteiger partial charge in [0.15, 0.2) is 0 Å². The van der Waals surface area contributed by atoms with Gasteiger partial charge < -0.3 is 22.2 Å². The molecule has 0 saturated carbocycles. The van der Waals surface area contributed by atoms with Gasteiger partial charge in [0.05, 0.1) is 11.4 Å². The minimum atomic E-state index is -4.75. The first kappa shape index (κ1) is 22.1. The normalized spacial score (nSPS) is 12.2. The third kappa shape index (κ3) is 5.53. The number of nitrogens with one attached hydrogen (secondary N) is 3. The maximum Gasteiger partial charge on any atom is 0.451 e. The van der Waals surface area contributed by atoms with Crippen LogP contribution in [0.25, 0.3) is 6.08 Å². The molecule has 3 rings (SSSR count). The first-order chi connectivity index (χ1) is 15.2. The Kier molecular flexibility index (Phi) is 6.28. The summed E-state index contributed by atoms with van der Waals surface area (Å²) in [5.41, 5.74) is 13.4. The van der Waals surface area contributed by atoms with Crippen LogP contribution in [0.1, 0.15) is 27.7 Å². The molecular weight excluding hydrogens is 427 g/mol. The van der Waals surface area contributed by atoms with Crippen LogP contribution in [-0.2, 0) is 6.18 Å². The standard InChI is InChI=1S/C19H16F3N9O/c20-19(21,22)18-29-16(30-31-18)17(32)28-15-3-1-2-11(27-15)5-7-14(25)26-12-4-6-13(24)10(8-12)9-23/h1-9,23H,24H2,(H2,25,26)(H,27,28,32)(H,29,30,31)/b7-5+,23-9?. The second kappa shape index (κ2) is 9.07. The van der Waals surface area contributed by atoms with E-state index < -0.39 is 23.7 Å². The summed E-state index contributed by atoms with van der Waals surface area (Å²) in [5, 5.41) is 14.5. The Labute approximate surface area is 178 Å². The summed E-state index contributed by atoms with van der Waals surface area (Å²) < 4.78 is 37.7. The van der Waals surface area contributed by atoms with Crippen molar-refractivity contribution in [2.24, 2.45) is 10.7 Å². The number of H-pyrrole nitrogens is 1. The quantitative estimate of drug-likeness (QED) is 0.223. The van der Waals surface area contributed by atoms with E-state index >= 15 is 0 Å². The van der Waals surface area contributed by atoms with Gasteiger partial charge in [-0.05, 0) is 42.5 Å². The van der Waals surface area contributed by atoms with E-state index in [2.05, 4.69) is 25.4 Å². The number of anilines is 2. The second-order valence-corrected chi connectivity index (χ2v) is 6.23. The number of rotatable bonds is 6. The molecule has 0 spiro atoms. The predicted octanol–water partition coefficient (Wildman–Crippen LogP) is 2.75. The highest BCUT2D eigenvalue weighted by molar-refractivity contribution is 6.01. The van der Waals surface area contributed by atoms with E-state index in [-0.39, 0.29) is 11.7 Å². The highest BCUT2D eigenvalue weighted by Crippen LogP contribution is 2.25. The van der Waals surface area contributed by atoms with Crippen molar-refractivity contribution in [2.75, 3.05) is 11.1 Å². The van der Waals surface area contributed by atoms with Gasteiger partial charge in [0.2, 0.25) is 11.6 Å².